The van der Waals surface area contributed by atoms with Gasteiger partial charge in [-0.2, -0.15) is 0 Å². The van der Waals surface area contributed by atoms with Crippen LogP contribution in [0.3, 0.4) is 0 Å². The van der Waals surface area contributed by atoms with Crippen molar-refractivity contribution >= 4 is 5.97 Å². The van der Waals surface area contributed by atoms with Crippen molar-refractivity contribution in [2.45, 2.75) is 70.5 Å². The number of hydrogen-bond donors (Lipinski definition) is 4. The average Bonchev–Trinajstić information content (AvgIpc) is 2.80. The van der Waals surface area contributed by atoms with Crippen LogP contribution in [-0.2, 0) is 9.63 Å². The Morgan fingerprint density at radius 2 is 2.16 bits per heavy atom. The van der Waals surface area contributed by atoms with E-state index in [1.54, 1.807) is 0 Å². The number of allylic oxidation sites excluding steroid dienone is 1. The van der Waals surface area contributed by atoms with Crippen molar-refractivity contribution in [2.24, 2.45) is 11.8 Å². The molecule has 0 aromatic carbocycles. The minimum absolute atomic E-state index is 0.0497. The molecule has 0 saturated heterocycles. The van der Waals surface area contributed by atoms with Gasteiger partial charge in [0, 0.05) is 11.6 Å². The van der Waals surface area contributed by atoms with Gasteiger partial charge in [-0.3, -0.25) is 15.1 Å². The maximum absolute atomic E-state index is 10.4. The smallest absolute Gasteiger partial charge is 0.305 e. The number of hydroxylamine groups is 1. The molecule has 0 heterocycles. The van der Waals surface area contributed by atoms with E-state index in [4.69, 9.17) is 9.94 Å². The molecule has 1 fully saturated rings. The third kappa shape index (κ3) is 5.74. The fourth-order valence-electron chi connectivity index (χ4n) is 3.37. The molecule has 2 rings (SSSR count). The summed E-state index contributed by atoms with van der Waals surface area (Å²) in [6.45, 7) is 2.26. The van der Waals surface area contributed by atoms with E-state index >= 15 is 0 Å². The normalized spacial score (nSPS) is 25.6. The van der Waals surface area contributed by atoms with Gasteiger partial charge in [0.25, 0.3) is 0 Å². The van der Waals surface area contributed by atoms with Crippen LogP contribution in [0.25, 0.3) is 0 Å². The SMILES string of the molecule is CCCCCCC(O)C#CC1CC2=C(NOCCC(=O)O)CC2C1O. The molecule has 1 saturated carbocycles. The number of carbonyl (C=O) groups is 1. The highest BCUT2D eigenvalue weighted by atomic mass is 16.6. The van der Waals surface area contributed by atoms with Crippen molar-refractivity contribution in [2.75, 3.05) is 6.61 Å². The summed E-state index contributed by atoms with van der Waals surface area (Å²) in [6, 6.07) is 0. The number of nitrogens with one attached hydrogen (secondary N) is 1. The summed E-state index contributed by atoms with van der Waals surface area (Å²) in [7, 11) is 0. The Morgan fingerprint density at radius 3 is 2.88 bits per heavy atom. The third-order valence-electron chi connectivity index (χ3n) is 4.90. The van der Waals surface area contributed by atoms with E-state index in [2.05, 4.69) is 24.2 Å². The van der Waals surface area contributed by atoms with Gasteiger partial charge in [0.05, 0.1) is 25.0 Å². The molecule has 0 aliphatic heterocycles. The van der Waals surface area contributed by atoms with Gasteiger partial charge in [-0.1, -0.05) is 38.0 Å². The van der Waals surface area contributed by atoms with Crippen LogP contribution in [0.15, 0.2) is 11.3 Å². The van der Waals surface area contributed by atoms with Gasteiger partial charge in [0.1, 0.15) is 6.10 Å². The second kappa shape index (κ2) is 9.81. The maximum Gasteiger partial charge on any atom is 0.305 e. The Labute approximate surface area is 149 Å². The zero-order valence-corrected chi connectivity index (χ0v) is 14.8. The molecule has 0 bridgehead atoms. The van der Waals surface area contributed by atoms with Crippen LogP contribution in [0.4, 0.5) is 0 Å². The van der Waals surface area contributed by atoms with Gasteiger partial charge < -0.3 is 15.3 Å². The van der Waals surface area contributed by atoms with Crippen LogP contribution in [-0.4, -0.2) is 40.1 Å². The lowest BCUT2D eigenvalue weighted by atomic mass is 9.83. The number of fused-ring (bicyclic) bond motifs is 1. The van der Waals surface area contributed by atoms with Crippen molar-refractivity contribution in [3.05, 3.63) is 11.3 Å². The number of aliphatic hydroxyl groups is 2. The molecule has 6 nitrogen and oxygen atoms in total. The van der Waals surface area contributed by atoms with E-state index in [1.807, 2.05) is 0 Å². The highest BCUT2D eigenvalue weighted by Crippen LogP contribution is 2.48. The Kier molecular flexibility index (Phi) is 7.76. The summed E-state index contributed by atoms with van der Waals surface area (Å²) >= 11 is 0. The molecule has 2 aliphatic rings. The summed E-state index contributed by atoms with van der Waals surface area (Å²) < 4.78 is 0. The van der Waals surface area contributed by atoms with E-state index < -0.39 is 18.2 Å². The largest absolute Gasteiger partial charge is 0.481 e. The summed E-state index contributed by atoms with van der Waals surface area (Å²) in [5, 5.41) is 28.8. The maximum atomic E-state index is 10.4. The van der Waals surface area contributed by atoms with Gasteiger partial charge >= 0.3 is 5.97 Å². The van der Waals surface area contributed by atoms with Crippen LogP contribution >= 0.6 is 0 Å². The minimum Gasteiger partial charge on any atom is -0.481 e. The highest BCUT2D eigenvalue weighted by molar-refractivity contribution is 5.66. The van der Waals surface area contributed by atoms with Crippen LogP contribution in [0.2, 0.25) is 0 Å². The van der Waals surface area contributed by atoms with Crippen molar-refractivity contribution < 1.29 is 25.0 Å². The van der Waals surface area contributed by atoms with Gasteiger partial charge in [-0.05, 0) is 31.3 Å². The monoisotopic (exact) mass is 351 g/mol. The summed E-state index contributed by atoms with van der Waals surface area (Å²) in [4.78, 5) is 15.6. The Balaban J connectivity index is 1.76. The molecule has 6 heteroatoms. The molecule has 0 spiro atoms. The summed E-state index contributed by atoms with van der Waals surface area (Å²) in [6.07, 6.45) is 5.34. The Morgan fingerprint density at radius 1 is 1.36 bits per heavy atom. The van der Waals surface area contributed by atoms with E-state index in [1.165, 1.54) is 12.8 Å². The molecular formula is C19H29NO5. The fourth-order valence-corrected chi connectivity index (χ4v) is 3.37. The van der Waals surface area contributed by atoms with Gasteiger partial charge in [0.2, 0.25) is 0 Å². The number of unbranched alkanes of at least 4 members (excludes halogenated alkanes) is 3. The number of aliphatic carboxylic acids is 1. The third-order valence-corrected chi connectivity index (χ3v) is 4.90. The lowest BCUT2D eigenvalue weighted by molar-refractivity contribution is -0.138. The molecule has 0 aromatic heterocycles. The first-order chi connectivity index (χ1) is 12.0. The lowest BCUT2D eigenvalue weighted by Crippen LogP contribution is -2.32. The van der Waals surface area contributed by atoms with Gasteiger partial charge in [-0.15, -0.1) is 0 Å². The second-order valence-electron chi connectivity index (χ2n) is 6.86. The summed E-state index contributed by atoms with van der Waals surface area (Å²) in [5.74, 6) is 4.99. The van der Waals surface area contributed by atoms with Crippen LogP contribution in [0.1, 0.15) is 58.3 Å². The molecule has 2 aliphatic carbocycles. The topological polar surface area (TPSA) is 99.0 Å². The predicted octanol–water partition coefficient (Wildman–Crippen LogP) is 1.97. The Hall–Kier alpha value is -1.55. The van der Waals surface area contributed by atoms with Crippen molar-refractivity contribution in [1.29, 1.82) is 0 Å². The first-order valence-electron chi connectivity index (χ1n) is 9.21. The first-order valence-corrected chi connectivity index (χ1v) is 9.21. The molecule has 0 aromatic rings. The highest BCUT2D eigenvalue weighted by Gasteiger charge is 2.45. The van der Waals surface area contributed by atoms with Crippen molar-refractivity contribution in [3.8, 4) is 11.8 Å². The van der Waals surface area contributed by atoms with E-state index in [0.29, 0.717) is 19.3 Å². The van der Waals surface area contributed by atoms with Crippen LogP contribution < -0.4 is 5.48 Å². The van der Waals surface area contributed by atoms with E-state index in [-0.39, 0.29) is 24.9 Å². The van der Waals surface area contributed by atoms with Gasteiger partial charge in [-0.25, -0.2) is 0 Å². The zero-order valence-electron chi connectivity index (χ0n) is 14.8. The predicted molar refractivity (Wildman–Crippen MR) is 93.1 cm³/mol. The second-order valence-corrected chi connectivity index (χ2v) is 6.86. The number of hydrogen-bond acceptors (Lipinski definition) is 5. The zero-order chi connectivity index (χ0) is 18.2. The van der Waals surface area contributed by atoms with Crippen molar-refractivity contribution in [3.63, 3.8) is 0 Å². The number of aliphatic hydroxyl groups excluding tert-OH is 2. The quantitative estimate of drug-likeness (QED) is 0.273. The molecular weight excluding hydrogens is 322 g/mol. The van der Waals surface area contributed by atoms with E-state index in [0.717, 1.165) is 24.1 Å². The molecule has 25 heavy (non-hydrogen) atoms. The standard InChI is InChI=1S/C19H29NO5/c1-2-3-4-5-6-14(21)8-7-13-11-15-16(19(13)24)12-17(15)20-25-10-9-18(22)23/h13-14,16,19-21,24H,2-6,9-12H2,1H3,(H,22,23). The van der Waals surface area contributed by atoms with Crippen LogP contribution in [0.5, 0.6) is 0 Å². The Bertz CT molecular complexity index is 548. The lowest BCUT2D eigenvalue weighted by Gasteiger charge is -2.30. The molecule has 0 amide bonds. The molecule has 4 unspecified atom stereocenters. The molecule has 140 valence electrons. The summed E-state index contributed by atoms with van der Waals surface area (Å²) in [5.41, 5.74) is 4.84. The molecule has 4 N–H and O–H groups in total. The molecule has 0 radical (unpaired) electrons. The number of carboxylic acids is 1. The molecule has 4 atom stereocenters. The van der Waals surface area contributed by atoms with Crippen molar-refractivity contribution in [1.82, 2.24) is 5.48 Å². The minimum atomic E-state index is -0.897. The van der Waals surface area contributed by atoms with E-state index in [9.17, 15) is 15.0 Å². The van der Waals surface area contributed by atoms with Crippen LogP contribution in [0, 0.1) is 23.7 Å². The average molecular weight is 351 g/mol. The first kappa shape index (κ1) is 19.8. The number of carboxylic acid groups (broad SMARTS) is 1. The van der Waals surface area contributed by atoms with Gasteiger partial charge in [0.15, 0.2) is 0 Å². The number of rotatable bonds is 10. The fraction of sp³-hybridized carbons (Fsp3) is 0.737.